The standard InChI is InChI=1S/C5H6N4O2/c6-2-4-8-3-1-5(7)9(10)11/h1,3,7-8H,4H2/b3-1-,7-5?. The van der Waals surface area contributed by atoms with Crippen molar-refractivity contribution < 1.29 is 4.92 Å². The molecule has 0 unspecified atom stereocenters. The Bertz CT molecular complexity index is 227. The van der Waals surface area contributed by atoms with Gasteiger partial charge in [0.15, 0.2) is 0 Å². The summed E-state index contributed by atoms with van der Waals surface area (Å²) in [6.07, 6.45) is 2.16. The van der Waals surface area contributed by atoms with E-state index in [1.54, 1.807) is 6.07 Å². The minimum Gasteiger partial charge on any atom is -0.378 e. The Kier molecular flexibility index (Phi) is 4.08. The number of hydrogen-bond donors (Lipinski definition) is 2. The maximum absolute atomic E-state index is 9.80. The fourth-order valence-electron chi connectivity index (χ4n) is 0.303. The molecule has 0 aromatic heterocycles. The van der Waals surface area contributed by atoms with E-state index in [4.69, 9.17) is 10.7 Å². The van der Waals surface area contributed by atoms with Crippen LogP contribution in [0.2, 0.25) is 0 Å². The largest absolute Gasteiger partial charge is 0.378 e. The Morgan fingerprint density at radius 1 is 1.91 bits per heavy atom. The highest BCUT2D eigenvalue weighted by atomic mass is 16.6. The molecule has 6 nitrogen and oxygen atoms in total. The summed E-state index contributed by atoms with van der Waals surface area (Å²) >= 11 is 0. The third-order valence-corrected chi connectivity index (χ3v) is 0.737. The van der Waals surface area contributed by atoms with Gasteiger partial charge >= 0.3 is 5.84 Å². The van der Waals surface area contributed by atoms with Crippen molar-refractivity contribution in [1.82, 2.24) is 5.32 Å². The summed E-state index contributed by atoms with van der Waals surface area (Å²) < 4.78 is 0. The fourth-order valence-corrected chi connectivity index (χ4v) is 0.303. The second-order valence-electron chi connectivity index (χ2n) is 1.51. The molecule has 0 heterocycles. The van der Waals surface area contributed by atoms with Crippen molar-refractivity contribution in [1.29, 1.82) is 10.7 Å². The van der Waals surface area contributed by atoms with Gasteiger partial charge < -0.3 is 15.4 Å². The third kappa shape index (κ3) is 4.59. The first-order valence-corrected chi connectivity index (χ1v) is 2.68. The molecule has 0 saturated heterocycles. The van der Waals surface area contributed by atoms with Crippen LogP contribution < -0.4 is 5.32 Å². The van der Waals surface area contributed by atoms with Crippen LogP contribution in [0.15, 0.2) is 12.3 Å². The number of nitrogens with one attached hydrogen (secondary N) is 2. The molecule has 2 N–H and O–H groups in total. The number of amidine groups is 1. The van der Waals surface area contributed by atoms with Crippen LogP contribution in [0.4, 0.5) is 0 Å². The molecule has 0 fully saturated rings. The van der Waals surface area contributed by atoms with Crippen molar-refractivity contribution in [3.63, 3.8) is 0 Å². The first kappa shape index (κ1) is 9.10. The predicted octanol–water partition coefficient (Wildman–Crippen LogP) is -0.133. The Morgan fingerprint density at radius 3 is 3.00 bits per heavy atom. The van der Waals surface area contributed by atoms with Gasteiger partial charge in [0.2, 0.25) is 0 Å². The summed E-state index contributed by atoms with van der Waals surface area (Å²) in [6.45, 7) is 0.0709. The summed E-state index contributed by atoms with van der Waals surface area (Å²) in [4.78, 5) is 8.97. The Labute approximate surface area is 62.8 Å². The summed E-state index contributed by atoms with van der Waals surface area (Å²) in [5.41, 5.74) is 0. The van der Waals surface area contributed by atoms with Crippen molar-refractivity contribution in [3.8, 4) is 6.07 Å². The molecule has 0 rings (SSSR count). The van der Waals surface area contributed by atoms with E-state index in [0.29, 0.717) is 0 Å². The zero-order chi connectivity index (χ0) is 8.69. The van der Waals surface area contributed by atoms with E-state index in [1.807, 2.05) is 0 Å². The quantitative estimate of drug-likeness (QED) is 0.147. The molecule has 58 valence electrons. The molecule has 0 aliphatic rings. The van der Waals surface area contributed by atoms with Gasteiger partial charge in [0.25, 0.3) is 0 Å². The Balaban J connectivity index is 3.68. The number of nitriles is 1. The smallest absolute Gasteiger partial charge is 0.357 e. The molecule has 6 heteroatoms. The second-order valence-corrected chi connectivity index (χ2v) is 1.51. The highest BCUT2D eigenvalue weighted by Crippen LogP contribution is 1.76. The van der Waals surface area contributed by atoms with E-state index < -0.39 is 10.8 Å². The lowest BCUT2D eigenvalue weighted by Crippen LogP contribution is -2.09. The van der Waals surface area contributed by atoms with Gasteiger partial charge in [-0.25, -0.2) is 0 Å². The van der Waals surface area contributed by atoms with E-state index in [-0.39, 0.29) is 6.54 Å². The Morgan fingerprint density at radius 2 is 2.55 bits per heavy atom. The highest BCUT2D eigenvalue weighted by molar-refractivity contribution is 5.82. The molecule has 0 amide bonds. The van der Waals surface area contributed by atoms with Crippen molar-refractivity contribution in [2.45, 2.75) is 0 Å². The first-order valence-electron chi connectivity index (χ1n) is 2.68. The number of nitrogens with zero attached hydrogens (tertiary/aromatic N) is 2. The normalized spacial score (nSPS) is 9.00. The average Bonchev–Trinajstić information content (AvgIpc) is 1.97. The SMILES string of the molecule is N#CCN/C=C\C(=N)[N+](=O)[O-]. The molecular formula is C5H6N4O2. The number of rotatable bonds is 3. The van der Waals surface area contributed by atoms with Crippen molar-refractivity contribution in [3.05, 3.63) is 22.4 Å². The molecule has 0 aliphatic carbocycles. The average molecular weight is 154 g/mol. The van der Waals surface area contributed by atoms with Crippen LogP contribution in [0.5, 0.6) is 0 Å². The minimum atomic E-state index is -0.829. The summed E-state index contributed by atoms with van der Waals surface area (Å²) in [5.74, 6) is -0.713. The van der Waals surface area contributed by atoms with Crippen LogP contribution in [0, 0.1) is 26.9 Å². The van der Waals surface area contributed by atoms with Gasteiger partial charge in [-0.2, -0.15) is 5.26 Å². The molecule has 0 spiro atoms. The first-order chi connectivity index (χ1) is 5.18. The van der Waals surface area contributed by atoms with E-state index >= 15 is 0 Å². The van der Waals surface area contributed by atoms with Crippen LogP contribution >= 0.6 is 0 Å². The molecule has 11 heavy (non-hydrogen) atoms. The molecule has 0 bridgehead atoms. The predicted molar refractivity (Wildman–Crippen MR) is 37.5 cm³/mol. The molecule has 0 radical (unpaired) electrons. The molecule has 0 aromatic rings. The van der Waals surface area contributed by atoms with Gasteiger partial charge in [-0.3, -0.25) is 0 Å². The lowest BCUT2D eigenvalue weighted by atomic mass is 10.5. The molecular weight excluding hydrogens is 148 g/mol. The molecule has 0 saturated carbocycles. The van der Waals surface area contributed by atoms with Crippen LogP contribution in [-0.4, -0.2) is 17.3 Å². The maximum Gasteiger partial charge on any atom is 0.357 e. The third-order valence-electron chi connectivity index (χ3n) is 0.737. The van der Waals surface area contributed by atoms with Gasteiger partial charge in [-0.15, -0.1) is 0 Å². The summed E-state index contributed by atoms with van der Waals surface area (Å²) in [5, 5.41) is 26.9. The Hall–Kier alpha value is -1.90. The second kappa shape index (κ2) is 4.93. The number of nitro groups is 1. The van der Waals surface area contributed by atoms with E-state index in [0.717, 1.165) is 6.08 Å². The zero-order valence-electron chi connectivity index (χ0n) is 5.57. The summed E-state index contributed by atoms with van der Waals surface area (Å²) in [6, 6.07) is 1.77. The van der Waals surface area contributed by atoms with Crippen LogP contribution in [0.3, 0.4) is 0 Å². The zero-order valence-corrected chi connectivity index (χ0v) is 5.57. The van der Waals surface area contributed by atoms with Gasteiger partial charge in [0, 0.05) is 6.20 Å². The van der Waals surface area contributed by atoms with Gasteiger partial charge in [0.05, 0.1) is 12.1 Å². The van der Waals surface area contributed by atoms with Crippen molar-refractivity contribution in [2.75, 3.05) is 6.54 Å². The van der Waals surface area contributed by atoms with Crippen LogP contribution in [0.1, 0.15) is 0 Å². The van der Waals surface area contributed by atoms with E-state index in [2.05, 4.69) is 5.32 Å². The molecule has 0 atom stereocenters. The van der Waals surface area contributed by atoms with E-state index in [9.17, 15) is 10.1 Å². The molecule has 0 aliphatic heterocycles. The van der Waals surface area contributed by atoms with Crippen molar-refractivity contribution in [2.24, 2.45) is 0 Å². The molecule has 0 aromatic carbocycles. The fraction of sp³-hybridized carbons (Fsp3) is 0.200. The van der Waals surface area contributed by atoms with Gasteiger partial charge in [0.1, 0.15) is 6.54 Å². The van der Waals surface area contributed by atoms with Crippen LogP contribution in [-0.2, 0) is 0 Å². The van der Waals surface area contributed by atoms with Gasteiger partial charge in [-0.1, -0.05) is 5.41 Å². The van der Waals surface area contributed by atoms with Crippen molar-refractivity contribution >= 4 is 5.84 Å². The number of hydrogen-bond acceptors (Lipinski definition) is 5. The highest BCUT2D eigenvalue weighted by Gasteiger charge is 1.98. The lowest BCUT2D eigenvalue weighted by molar-refractivity contribution is -0.349. The monoisotopic (exact) mass is 154 g/mol. The van der Waals surface area contributed by atoms with E-state index in [1.165, 1.54) is 6.20 Å². The summed E-state index contributed by atoms with van der Waals surface area (Å²) in [7, 11) is 0. The minimum absolute atomic E-state index is 0.0709. The topological polar surface area (TPSA) is 103 Å². The lowest BCUT2D eigenvalue weighted by Gasteiger charge is -1.89. The van der Waals surface area contributed by atoms with Crippen LogP contribution in [0.25, 0.3) is 0 Å². The van der Waals surface area contributed by atoms with Gasteiger partial charge in [-0.05, 0) is 4.92 Å². The maximum atomic E-state index is 9.80.